The van der Waals surface area contributed by atoms with Crippen molar-refractivity contribution >= 4 is 23.4 Å². The second-order valence-corrected chi connectivity index (χ2v) is 6.97. The molecule has 2 atom stereocenters. The lowest BCUT2D eigenvalue weighted by molar-refractivity contribution is -0.152. The number of Topliss-reactive ketones (excluding diaryl/α,β-unsaturated/α-hetero) is 2. The Morgan fingerprint density at radius 2 is 1.77 bits per heavy atom. The summed E-state index contributed by atoms with van der Waals surface area (Å²) < 4.78 is 0. The predicted molar refractivity (Wildman–Crippen MR) is 80.9 cm³/mol. The van der Waals surface area contributed by atoms with Gasteiger partial charge in [0.25, 0.3) is 0 Å². The summed E-state index contributed by atoms with van der Waals surface area (Å²) in [5, 5.41) is 0. The standard InChI is InChI=1S/C17H25NO4/c1-11-3-6-15(20)14(7-11)5-4-13-8-16(21)18(10-12(2)19)17(22)9-13/h11,13-14H,3-10H2,1-2H3/t11-,14+/m1/s1. The van der Waals surface area contributed by atoms with Crippen LogP contribution in [0.5, 0.6) is 0 Å². The van der Waals surface area contributed by atoms with Gasteiger partial charge in [-0.05, 0) is 44.4 Å². The van der Waals surface area contributed by atoms with Crippen LogP contribution >= 0.6 is 0 Å². The molecule has 0 unspecified atom stereocenters. The lowest BCUT2D eigenvalue weighted by Crippen LogP contribution is -2.45. The summed E-state index contributed by atoms with van der Waals surface area (Å²) in [7, 11) is 0. The van der Waals surface area contributed by atoms with E-state index in [9.17, 15) is 19.2 Å². The summed E-state index contributed by atoms with van der Waals surface area (Å²) in [4.78, 5) is 48.1. The molecule has 5 heteroatoms. The molecule has 0 aromatic carbocycles. The van der Waals surface area contributed by atoms with Crippen LogP contribution in [0.15, 0.2) is 0 Å². The minimum atomic E-state index is -0.250. The van der Waals surface area contributed by atoms with Crippen molar-refractivity contribution in [1.82, 2.24) is 4.90 Å². The van der Waals surface area contributed by atoms with Crippen LogP contribution in [-0.4, -0.2) is 34.8 Å². The van der Waals surface area contributed by atoms with E-state index in [-0.39, 0.29) is 36.0 Å². The maximum atomic E-state index is 12.0. The predicted octanol–water partition coefficient (Wildman–Crippen LogP) is 2.13. The Labute approximate surface area is 131 Å². The molecule has 2 rings (SSSR count). The molecule has 0 N–H and O–H groups in total. The van der Waals surface area contributed by atoms with Gasteiger partial charge in [-0.3, -0.25) is 24.1 Å². The summed E-state index contributed by atoms with van der Waals surface area (Å²) in [5.74, 6) is 0.368. The van der Waals surface area contributed by atoms with E-state index in [1.54, 1.807) is 0 Å². The highest BCUT2D eigenvalue weighted by atomic mass is 16.2. The number of likely N-dealkylation sites (tertiary alicyclic amines) is 1. The van der Waals surface area contributed by atoms with Crippen molar-refractivity contribution in [2.45, 2.75) is 58.8 Å². The van der Waals surface area contributed by atoms with Crippen LogP contribution in [0, 0.1) is 17.8 Å². The fraction of sp³-hybridized carbons (Fsp3) is 0.765. The molecule has 22 heavy (non-hydrogen) atoms. The molecule has 0 radical (unpaired) electrons. The van der Waals surface area contributed by atoms with Gasteiger partial charge in [-0.15, -0.1) is 0 Å². The monoisotopic (exact) mass is 307 g/mol. The van der Waals surface area contributed by atoms with E-state index in [4.69, 9.17) is 0 Å². The SMILES string of the molecule is CC(=O)CN1C(=O)CC(CC[C@H]2C[C@H](C)CCC2=O)CC1=O. The van der Waals surface area contributed by atoms with Gasteiger partial charge < -0.3 is 0 Å². The highest BCUT2D eigenvalue weighted by Gasteiger charge is 2.34. The molecular formula is C17H25NO4. The number of ketones is 2. The van der Waals surface area contributed by atoms with Crippen molar-refractivity contribution in [3.05, 3.63) is 0 Å². The van der Waals surface area contributed by atoms with Gasteiger partial charge in [0.05, 0.1) is 6.54 Å². The first-order valence-electron chi connectivity index (χ1n) is 8.22. The van der Waals surface area contributed by atoms with Gasteiger partial charge in [0.15, 0.2) is 0 Å². The maximum Gasteiger partial charge on any atom is 0.229 e. The number of piperidine rings is 1. The molecule has 0 aromatic rings. The van der Waals surface area contributed by atoms with Crippen molar-refractivity contribution < 1.29 is 19.2 Å². The molecule has 122 valence electrons. The topological polar surface area (TPSA) is 71.5 Å². The molecule has 1 saturated heterocycles. The minimum absolute atomic E-state index is 0.0215. The zero-order chi connectivity index (χ0) is 16.3. The molecule has 0 bridgehead atoms. The van der Waals surface area contributed by atoms with E-state index in [1.165, 1.54) is 6.92 Å². The first-order chi connectivity index (χ1) is 10.4. The van der Waals surface area contributed by atoms with Crippen LogP contribution in [0.3, 0.4) is 0 Å². The molecule has 1 aliphatic carbocycles. The third-order valence-corrected chi connectivity index (χ3v) is 4.86. The fourth-order valence-corrected chi connectivity index (χ4v) is 3.57. The maximum absolute atomic E-state index is 12.0. The highest BCUT2D eigenvalue weighted by molar-refractivity contribution is 6.01. The Balaban J connectivity index is 1.85. The smallest absolute Gasteiger partial charge is 0.229 e. The number of carbonyl (C=O) groups excluding carboxylic acids is 4. The van der Waals surface area contributed by atoms with Gasteiger partial charge in [-0.2, -0.15) is 0 Å². The van der Waals surface area contributed by atoms with E-state index >= 15 is 0 Å². The molecule has 0 aromatic heterocycles. The molecular weight excluding hydrogens is 282 g/mol. The summed E-state index contributed by atoms with van der Waals surface area (Å²) in [6, 6.07) is 0. The average molecular weight is 307 g/mol. The normalized spacial score (nSPS) is 27.4. The van der Waals surface area contributed by atoms with Crippen LogP contribution in [-0.2, 0) is 19.2 Å². The number of nitrogens with zero attached hydrogens (tertiary/aromatic N) is 1. The fourth-order valence-electron chi connectivity index (χ4n) is 3.57. The number of hydrogen-bond donors (Lipinski definition) is 0. The lowest BCUT2D eigenvalue weighted by Gasteiger charge is -2.31. The summed E-state index contributed by atoms with van der Waals surface area (Å²) in [5.41, 5.74) is 0. The molecule has 2 amide bonds. The second-order valence-electron chi connectivity index (χ2n) is 6.97. The Morgan fingerprint density at radius 1 is 1.14 bits per heavy atom. The van der Waals surface area contributed by atoms with Crippen LogP contribution in [0.1, 0.15) is 58.8 Å². The summed E-state index contributed by atoms with van der Waals surface area (Å²) >= 11 is 0. The van der Waals surface area contributed by atoms with Crippen molar-refractivity contribution in [2.75, 3.05) is 6.54 Å². The molecule has 0 spiro atoms. The summed E-state index contributed by atoms with van der Waals surface area (Å²) in [6.45, 7) is 3.44. The van der Waals surface area contributed by atoms with E-state index < -0.39 is 0 Å². The highest BCUT2D eigenvalue weighted by Crippen LogP contribution is 2.32. The van der Waals surface area contributed by atoms with Crippen molar-refractivity contribution in [1.29, 1.82) is 0 Å². The van der Waals surface area contributed by atoms with Gasteiger partial charge in [0, 0.05) is 25.2 Å². The summed E-state index contributed by atoms with van der Waals surface area (Å²) in [6.07, 6.45) is 4.74. The second kappa shape index (κ2) is 7.16. The Kier molecular flexibility index (Phi) is 5.48. The van der Waals surface area contributed by atoms with Crippen molar-refractivity contribution in [3.63, 3.8) is 0 Å². The number of rotatable bonds is 5. The minimum Gasteiger partial charge on any atom is -0.299 e. The van der Waals surface area contributed by atoms with Crippen molar-refractivity contribution in [3.8, 4) is 0 Å². The Morgan fingerprint density at radius 3 is 2.36 bits per heavy atom. The van der Waals surface area contributed by atoms with Crippen LogP contribution in [0.4, 0.5) is 0 Å². The van der Waals surface area contributed by atoms with E-state index in [1.807, 2.05) is 0 Å². The lowest BCUT2D eigenvalue weighted by atomic mass is 9.77. The van der Waals surface area contributed by atoms with E-state index in [0.717, 1.165) is 30.6 Å². The largest absolute Gasteiger partial charge is 0.299 e. The third-order valence-electron chi connectivity index (χ3n) is 4.86. The van der Waals surface area contributed by atoms with Crippen LogP contribution in [0.25, 0.3) is 0 Å². The van der Waals surface area contributed by atoms with Crippen LogP contribution < -0.4 is 0 Å². The molecule has 5 nitrogen and oxygen atoms in total. The van der Waals surface area contributed by atoms with Gasteiger partial charge in [0.1, 0.15) is 11.6 Å². The van der Waals surface area contributed by atoms with E-state index in [2.05, 4.69) is 6.92 Å². The van der Waals surface area contributed by atoms with Gasteiger partial charge in [-0.25, -0.2) is 0 Å². The zero-order valence-electron chi connectivity index (χ0n) is 13.5. The molecule has 2 aliphatic rings. The molecule has 1 aliphatic heterocycles. The van der Waals surface area contributed by atoms with Gasteiger partial charge >= 0.3 is 0 Å². The van der Waals surface area contributed by atoms with Gasteiger partial charge in [-0.1, -0.05) is 6.92 Å². The Hall–Kier alpha value is -1.52. The van der Waals surface area contributed by atoms with E-state index in [0.29, 0.717) is 31.0 Å². The zero-order valence-corrected chi connectivity index (χ0v) is 13.5. The van der Waals surface area contributed by atoms with Crippen molar-refractivity contribution in [2.24, 2.45) is 17.8 Å². The molecule has 1 heterocycles. The third kappa shape index (κ3) is 4.24. The van der Waals surface area contributed by atoms with Gasteiger partial charge in [0.2, 0.25) is 11.8 Å². The Bertz CT molecular complexity index is 467. The number of hydrogen-bond acceptors (Lipinski definition) is 4. The number of amides is 2. The number of carbonyl (C=O) groups is 4. The number of imide groups is 1. The quantitative estimate of drug-likeness (QED) is 0.729. The average Bonchev–Trinajstić information content (AvgIpc) is 2.43. The molecule has 1 saturated carbocycles. The first kappa shape index (κ1) is 16.8. The first-order valence-corrected chi connectivity index (χ1v) is 8.22. The van der Waals surface area contributed by atoms with Crippen LogP contribution in [0.2, 0.25) is 0 Å². The molecule has 2 fully saturated rings.